The van der Waals surface area contributed by atoms with E-state index in [1.54, 1.807) is 6.20 Å². The van der Waals surface area contributed by atoms with Gasteiger partial charge in [-0.3, -0.25) is 0 Å². The van der Waals surface area contributed by atoms with Crippen LogP contribution in [0.3, 0.4) is 0 Å². The van der Waals surface area contributed by atoms with Gasteiger partial charge in [0, 0.05) is 18.9 Å². The van der Waals surface area contributed by atoms with Gasteiger partial charge in [-0.2, -0.15) is 0 Å². The van der Waals surface area contributed by atoms with Crippen molar-refractivity contribution < 1.29 is 4.79 Å². The zero-order chi connectivity index (χ0) is 8.10. The van der Waals surface area contributed by atoms with Gasteiger partial charge >= 0.3 is 0 Å². The lowest BCUT2D eigenvalue weighted by Crippen LogP contribution is -2.01. The predicted octanol–water partition coefficient (Wildman–Crippen LogP) is 0.527. The van der Waals surface area contributed by atoms with Gasteiger partial charge in [-0.25, -0.2) is 14.8 Å². The Kier molecular flexibility index (Phi) is 2.58. The van der Waals surface area contributed by atoms with E-state index in [9.17, 15) is 4.79 Å². The van der Waals surface area contributed by atoms with E-state index in [0.717, 1.165) is 5.82 Å². The summed E-state index contributed by atoms with van der Waals surface area (Å²) in [6.45, 7) is 3.08. The fraction of sp³-hybridized carbons (Fsp3) is 0.429. The van der Waals surface area contributed by atoms with Gasteiger partial charge in [0.05, 0.1) is 6.54 Å². The van der Waals surface area contributed by atoms with Crippen LogP contribution in [0.15, 0.2) is 17.4 Å². The number of aryl methyl sites for hydroxylation is 1. The molecule has 0 aromatic carbocycles. The van der Waals surface area contributed by atoms with Crippen molar-refractivity contribution in [1.82, 2.24) is 9.55 Å². The van der Waals surface area contributed by atoms with Gasteiger partial charge in [0.2, 0.25) is 6.08 Å². The highest BCUT2D eigenvalue weighted by Crippen LogP contribution is 1.93. The minimum absolute atomic E-state index is 0.473. The summed E-state index contributed by atoms with van der Waals surface area (Å²) >= 11 is 0. The van der Waals surface area contributed by atoms with Crippen molar-refractivity contribution in [1.29, 1.82) is 0 Å². The highest BCUT2D eigenvalue weighted by Gasteiger charge is 1.93. The molecule has 0 aliphatic carbocycles. The van der Waals surface area contributed by atoms with Crippen LogP contribution in [0.2, 0.25) is 0 Å². The fourth-order valence-electron chi connectivity index (χ4n) is 0.843. The van der Waals surface area contributed by atoms with Crippen LogP contribution in [0, 0.1) is 6.92 Å². The molecule has 0 spiro atoms. The zero-order valence-corrected chi connectivity index (χ0v) is 6.32. The summed E-state index contributed by atoms with van der Waals surface area (Å²) in [5, 5.41) is 0. The van der Waals surface area contributed by atoms with E-state index in [1.807, 2.05) is 17.7 Å². The Morgan fingerprint density at radius 2 is 2.64 bits per heavy atom. The molecule has 0 saturated heterocycles. The van der Waals surface area contributed by atoms with Crippen LogP contribution in [-0.4, -0.2) is 22.2 Å². The first kappa shape index (κ1) is 7.69. The smallest absolute Gasteiger partial charge is 0.235 e. The van der Waals surface area contributed by atoms with Crippen LogP contribution in [0.5, 0.6) is 0 Å². The summed E-state index contributed by atoms with van der Waals surface area (Å²) in [4.78, 5) is 17.2. The van der Waals surface area contributed by atoms with Crippen molar-refractivity contribution in [2.45, 2.75) is 13.5 Å². The van der Waals surface area contributed by atoms with E-state index in [0.29, 0.717) is 13.1 Å². The normalized spacial score (nSPS) is 9.18. The van der Waals surface area contributed by atoms with E-state index >= 15 is 0 Å². The van der Waals surface area contributed by atoms with Crippen LogP contribution in [0.1, 0.15) is 5.82 Å². The number of imidazole rings is 1. The first-order chi connectivity index (χ1) is 5.34. The molecular weight excluding hydrogens is 142 g/mol. The van der Waals surface area contributed by atoms with Crippen LogP contribution >= 0.6 is 0 Å². The van der Waals surface area contributed by atoms with Crippen molar-refractivity contribution >= 4 is 6.08 Å². The molecule has 0 atom stereocenters. The number of isocyanates is 1. The number of aromatic nitrogens is 2. The second-order valence-corrected chi connectivity index (χ2v) is 2.14. The van der Waals surface area contributed by atoms with Gasteiger partial charge in [-0.15, -0.1) is 0 Å². The van der Waals surface area contributed by atoms with Gasteiger partial charge in [0.15, 0.2) is 0 Å². The van der Waals surface area contributed by atoms with Gasteiger partial charge in [-0.05, 0) is 6.92 Å². The van der Waals surface area contributed by atoms with Gasteiger partial charge in [0.1, 0.15) is 5.82 Å². The lowest BCUT2D eigenvalue weighted by molar-refractivity contribution is 0.560. The number of hydrogen-bond acceptors (Lipinski definition) is 3. The van der Waals surface area contributed by atoms with Gasteiger partial charge in [0.25, 0.3) is 0 Å². The highest BCUT2D eigenvalue weighted by atomic mass is 16.1. The summed E-state index contributed by atoms with van der Waals surface area (Å²) in [5.74, 6) is 0.936. The third kappa shape index (κ3) is 2.02. The van der Waals surface area contributed by atoms with Gasteiger partial charge < -0.3 is 4.57 Å². The van der Waals surface area contributed by atoms with Crippen molar-refractivity contribution in [3.8, 4) is 0 Å². The summed E-state index contributed by atoms with van der Waals surface area (Å²) in [7, 11) is 0. The molecule has 0 unspecified atom stereocenters. The molecule has 1 aromatic heterocycles. The Morgan fingerprint density at radius 3 is 3.18 bits per heavy atom. The molecule has 4 heteroatoms. The van der Waals surface area contributed by atoms with Crippen molar-refractivity contribution in [3.05, 3.63) is 18.2 Å². The van der Waals surface area contributed by atoms with Crippen molar-refractivity contribution in [3.63, 3.8) is 0 Å². The summed E-state index contributed by atoms with van der Waals surface area (Å²) < 4.78 is 1.93. The minimum Gasteiger partial charge on any atom is -0.333 e. The largest absolute Gasteiger partial charge is 0.333 e. The average Bonchev–Trinajstić information content (AvgIpc) is 2.37. The Balaban J connectivity index is 2.50. The third-order valence-corrected chi connectivity index (χ3v) is 1.44. The minimum atomic E-state index is 0.473. The Bertz CT molecular complexity index is 273. The lowest BCUT2D eigenvalue weighted by Gasteiger charge is -1.98. The summed E-state index contributed by atoms with van der Waals surface area (Å²) in [5.41, 5.74) is 0. The summed E-state index contributed by atoms with van der Waals surface area (Å²) in [6.07, 6.45) is 5.07. The molecule has 11 heavy (non-hydrogen) atoms. The molecule has 0 aliphatic heterocycles. The molecule has 0 fully saturated rings. The monoisotopic (exact) mass is 151 g/mol. The predicted molar refractivity (Wildman–Crippen MR) is 40.0 cm³/mol. The topological polar surface area (TPSA) is 47.2 Å². The van der Waals surface area contributed by atoms with Crippen molar-refractivity contribution in [2.75, 3.05) is 6.54 Å². The molecule has 1 heterocycles. The Morgan fingerprint density at radius 1 is 1.82 bits per heavy atom. The van der Waals surface area contributed by atoms with Gasteiger partial charge in [-0.1, -0.05) is 0 Å². The number of carbonyl (C=O) groups excluding carboxylic acids is 1. The van der Waals surface area contributed by atoms with E-state index < -0.39 is 0 Å². The second-order valence-electron chi connectivity index (χ2n) is 2.14. The fourth-order valence-corrected chi connectivity index (χ4v) is 0.843. The van der Waals surface area contributed by atoms with Crippen LogP contribution in [0.25, 0.3) is 0 Å². The third-order valence-electron chi connectivity index (χ3n) is 1.44. The molecule has 0 radical (unpaired) electrons. The molecule has 0 bridgehead atoms. The molecule has 0 amide bonds. The molecule has 0 saturated carbocycles. The van der Waals surface area contributed by atoms with E-state index in [-0.39, 0.29) is 0 Å². The van der Waals surface area contributed by atoms with Crippen LogP contribution in [-0.2, 0) is 11.3 Å². The van der Waals surface area contributed by atoms with E-state index in [2.05, 4.69) is 9.98 Å². The lowest BCUT2D eigenvalue weighted by atomic mass is 10.6. The maximum atomic E-state index is 9.70. The SMILES string of the molecule is Cc1nccn1CCN=C=O. The highest BCUT2D eigenvalue weighted by molar-refractivity contribution is 5.32. The standard InChI is InChI=1S/C7H9N3O/c1-7-9-3-5-10(7)4-2-8-6-11/h3,5H,2,4H2,1H3. The number of aliphatic imine (C=N–C) groups is 1. The first-order valence-electron chi connectivity index (χ1n) is 3.36. The molecule has 4 nitrogen and oxygen atoms in total. The molecule has 0 aliphatic rings. The first-order valence-corrected chi connectivity index (χ1v) is 3.36. The Labute approximate surface area is 64.6 Å². The molecule has 0 N–H and O–H groups in total. The number of rotatable bonds is 3. The maximum absolute atomic E-state index is 9.70. The molecule has 1 rings (SSSR count). The second kappa shape index (κ2) is 3.68. The van der Waals surface area contributed by atoms with E-state index in [4.69, 9.17) is 0 Å². The zero-order valence-electron chi connectivity index (χ0n) is 6.32. The number of nitrogens with zero attached hydrogens (tertiary/aromatic N) is 3. The molecular formula is C7H9N3O. The van der Waals surface area contributed by atoms with Crippen LogP contribution < -0.4 is 0 Å². The van der Waals surface area contributed by atoms with Crippen molar-refractivity contribution in [2.24, 2.45) is 4.99 Å². The quantitative estimate of drug-likeness (QED) is 0.467. The maximum Gasteiger partial charge on any atom is 0.235 e. The van der Waals surface area contributed by atoms with E-state index in [1.165, 1.54) is 6.08 Å². The average molecular weight is 151 g/mol. The van der Waals surface area contributed by atoms with Crippen LogP contribution in [0.4, 0.5) is 0 Å². The number of hydrogen-bond donors (Lipinski definition) is 0. The molecule has 58 valence electrons. The summed E-state index contributed by atoms with van der Waals surface area (Å²) in [6, 6.07) is 0. The Hall–Kier alpha value is -1.41. The molecule has 1 aromatic rings.